The number of carbonyl (C=O) groups is 5. The van der Waals surface area contributed by atoms with Crippen LogP contribution in [-0.4, -0.2) is 84.0 Å². The van der Waals surface area contributed by atoms with Gasteiger partial charge < -0.3 is 31.4 Å². The van der Waals surface area contributed by atoms with Gasteiger partial charge >= 0.3 is 0 Å². The highest BCUT2D eigenvalue weighted by atomic mass is 16.5. The summed E-state index contributed by atoms with van der Waals surface area (Å²) in [7, 11) is 6.67. The normalized spacial score (nSPS) is 28.4. The number of pyridine rings is 1. The lowest BCUT2D eigenvalue weighted by Gasteiger charge is -2.52. The van der Waals surface area contributed by atoms with Gasteiger partial charge in [0, 0.05) is 56.5 Å². The Morgan fingerprint density at radius 3 is 2.35 bits per heavy atom. The number of nitrogens with zero attached hydrogens (tertiary/aromatic N) is 3. The summed E-state index contributed by atoms with van der Waals surface area (Å²) in [6.45, 7) is 0.522. The van der Waals surface area contributed by atoms with Crippen molar-refractivity contribution in [2.75, 3.05) is 33.1 Å². The van der Waals surface area contributed by atoms with Crippen LogP contribution in [0.4, 0.5) is 5.69 Å². The molecule has 1 amide bonds. The first-order valence-electron chi connectivity index (χ1n) is 14.0. The van der Waals surface area contributed by atoms with Crippen molar-refractivity contribution in [1.29, 1.82) is 0 Å². The molecule has 0 spiro atoms. The summed E-state index contributed by atoms with van der Waals surface area (Å²) in [5.74, 6) is -10.8. The summed E-state index contributed by atoms with van der Waals surface area (Å²) >= 11 is 0. The Morgan fingerprint density at radius 2 is 1.77 bits per heavy atom. The molecule has 5 rings (SSSR count). The summed E-state index contributed by atoms with van der Waals surface area (Å²) in [5, 5.41) is 37.6. The molecule has 0 radical (unpaired) electrons. The molecule has 6 atom stereocenters. The number of aromatic nitrogens is 1. The third kappa shape index (κ3) is 4.67. The summed E-state index contributed by atoms with van der Waals surface area (Å²) in [4.78, 5) is 70.3. The summed E-state index contributed by atoms with van der Waals surface area (Å²) < 4.78 is 0.666. The lowest BCUT2D eigenvalue weighted by Crippen LogP contribution is -2.74. The number of nitrogens with one attached hydrogen (secondary N) is 1. The minimum absolute atomic E-state index is 0.0126. The van der Waals surface area contributed by atoms with E-state index in [1.165, 1.54) is 17.3 Å². The van der Waals surface area contributed by atoms with Crippen LogP contribution >= 0.6 is 0 Å². The highest BCUT2D eigenvalue weighted by molar-refractivity contribution is 6.32. The van der Waals surface area contributed by atoms with Crippen LogP contribution in [0.5, 0.6) is 5.75 Å². The molecule has 43 heavy (non-hydrogen) atoms. The number of nitrogens with two attached hydrogens (primary N) is 1. The SMILES string of the molecule is CN(C)c1cc(CNCc2cc[n+]([O-])cc2)c(O)c2c1C[C@H]1C[C@H]3[C@H](N(C)C)C(=O)C(C(N)=O)C(=O)[C@@]3(O)C(=O)C1C2=O. The smallest absolute Gasteiger partial charge is 0.235 e. The van der Waals surface area contributed by atoms with Crippen LogP contribution in [0, 0.1) is 28.9 Å². The Morgan fingerprint density at radius 1 is 1.12 bits per heavy atom. The van der Waals surface area contributed by atoms with Crippen molar-refractivity contribution < 1.29 is 38.9 Å². The number of likely N-dealkylation sites (N-methyl/N-ethyl adjacent to an activating group) is 1. The third-order valence-corrected chi connectivity index (χ3v) is 9.11. The zero-order valence-electron chi connectivity index (χ0n) is 24.4. The Hall–Kier alpha value is -4.20. The molecular formula is C30H35N5O8. The van der Waals surface area contributed by atoms with Crippen LogP contribution in [-0.2, 0) is 38.7 Å². The van der Waals surface area contributed by atoms with E-state index < -0.39 is 64.4 Å². The molecule has 1 heterocycles. The molecule has 228 valence electrons. The monoisotopic (exact) mass is 593 g/mol. The number of hydrogen-bond acceptors (Lipinski definition) is 11. The van der Waals surface area contributed by atoms with Gasteiger partial charge in [-0.3, -0.25) is 28.9 Å². The summed E-state index contributed by atoms with van der Waals surface area (Å²) in [6, 6.07) is 3.91. The van der Waals surface area contributed by atoms with E-state index in [1.54, 1.807) is 51.3 Å². The number of fused-ring (bicyclic) bond motifs is 3. The van der Waals surface area contributed by atoms with Crippen molar-refractivity contribution in [3.8, 4) is 5.75 Å². The van der Waals surface area contributed by atoms with Gasteiger partial charge in [-0.2, -0.15) is 4.73 Å². The highest BCUT2D eigenvalue weighted by Gasteiger charge is 2.69. The fourth-order valence-corrected chi connectivity index (χ4v) is 7.14. The van der Waals surface area contributed by atoms with Gasteiger partial charge in [0.2, 0.25) is 5.91 Å². The molecule has 3 aliphatic carbocycles. The van der Waals surface area contributed by atoms with Gasteiger partial charge in [-0.05, 0) is 50.0 Å². The Bertz CT molecular complexity index is 1540. The maximum Gasteiger partial charge on any atom is 0.235 e. The number of aromatic hydroxyl groups is 1. The average Bonchev–Trinajstić information content (AvgIpc) is 2.92. The minimum Gasteiger partial charge on any atom is -0.619 e. The maximum absolute atomic E-state index is 14.1. The van der Waals surface area contributed by atoms with Crippen molar-refractivity contribution in [2.24, 2.45) is 29.4 Å². The zero-order chi connectivity index (χ0) is 31.5. The maximum atomic E-state index is 14.1. The number of phenols is 1. The Balaban J connectivity index is 1.54. The van der Waals surface area contributed by atoms with E-state index in [0.29, 0.717) is 28.1 Å². The second-order valence-corrected chi connectivity index (χ2v) is 12.1. The first kappa shape index (κ1) is 30.3. The molecule has 2 unspecified atom stereocenters. The van der Waals surface area contributed by atoms with Crippen molar-refractivity contribution >= 4 is 34.7 Å². The van der Waals surface area contributed by atoms with E-state index in [9.17, 15) is 39.4 Å². The number of Topliss-reactive ketones (excluding diaryl/α,β-unsaturated/α-hetero) is 4. The van der Waals surface area contributed by atoms with Gasteiger partial charge in [-0.1, -0.05) is 0 Å². The molecule has 3 aliphatic rings. The van der Waals surface area contributed by atoms with Gasteiger partial charge in [-0.25, -0.2) is 0 Å². The first-order chi connectivity index (χ1) is 20.2. The van der Waals surface area contributed by atoms with E-state index in [2.05, 4.69) is 5.32 Å². The number of ketones is 4. The van der Waals surface area contributed by atoms with Gasteiger partial charge in [0.05, 0.1) is 17.5 Å². The largest absolute Gasteiger partial charge is 0.619 e. The standard InChI is InChI=1S/C30H35N5O8/c1-33(2)19-11-16(13-32-12-14-5-7-35(43)8-6-14)24(36)21-17(19)9-15-10-18-23(34(3)4)26(38)22(29(31)41)28(40)30(18,42)27(39)20(15)25(21)37/h5-8,11,15,18,20,22-23,32,36,42H,9-10,12-13H2,1-4H3,(H2,31,41)/t15-,18-,20?,22?,23-,30-/m0/s1. The third-order valence-electron chi connectivity index (χ3n) is 9.11. The molecule has 2 fully saturated rings. The van der Waals surface area contributed by atoms with Crippen LogP contribution in [0.1, 0.15) is 33.5 Å². The lowest BCUT2D eigenvalue weighted by molar-refractivity contribution is -0.605. The quantitative estimate of drug-likeness (QED) is 0.172. The molecule has 13 heteroatoms. The number of anilines is 1. The van der Waals surface area contributed by atoms with Crippen molar-refractivity contribution in [3.63, 3.8) is 0 Å². The van der Waals surface area contributed by atoms with Crippen LogP contribution < -0.4 is 20.7 Å². The van der Waals surface area contributed by atoms with E-state index >= 15 is 0 Å². The van der Waals surface area contributed by atoms with Crippen LogP contribution in [0.25, 0.3) is 0 Å². The van der Waals surface area contributed by atoms with Crippen LogP contribution in [0.3, 0.4) is 0 Å². The molecule has 1 aromatic carbocycles. The van der Waals surface area contributed by atoms with Gasteiger partial charge in [0.25, 0.3) is 0 Å². The number of carbonyl (C=O) groups excluding carboxylic acids is 5. The predicted molar refractivity (Wildman–Crippen MR) is 152 cm³/mol. The topological polar surface area (TPSA) is 197 Å². The molecule has 0 bridgehead atoms. The van der Waals surface area contributed by atoms with Crippen LogP contribution in [0.15, 0.2) is 30.6 Å². The van der Waals surface area contributed by atoms with Gasteiger partial charge in [0.15, 0.2) is 47.0 Å². The molecule has 2 saturated carbocycles. The van der Waals surface area contributed by atoms with Crippen molar-refractivity contribution in [2.45, 2.75) is 37.6 Å². The first-order valence-corrected chi connectivity index (χ1v) is 14.0. The summed E-state index contributed by atoms with van der Waals surface area (Å²) in [6.07, 6.45) is 2.90. The number of amides is 1. The molecule has 0 saturated heterocycles. The average molecular weight is 594 g/mol. The number of hydrogen-bond donors (Lipinski definition) is 4. The number of phenolic OH excluding ortho intramolecular Hbond substituents is 1. The summed E-state index contributed by atoms with van der Waals surface area (Å²) in [5.41, 5.74) is 4.96. The van der Waals surface area contributed by atoms with E-state index in [1.807, 2.05) is 0 Å². The van der Waals surface area contributed by atoms with E-state index in [0.717, 1.165) is 5.56 Å². The number of rotatable bonds is 7. The second kappa shape index (κ2) is 10.8. The molecule has 1 aromatic heterocycles. The molecule has 0 aliphatic heterocycles. The Labute approximate surface area is 247 Å². The number of primary amides is 1. The zero-order valence-corrected chi connectivity index (χ0v) is 24.4. The fourth-order valence-electron chi connectivity index (χ4n) is 7.14. The number of benzene rings is 1. The molecule has 5 N–H and O–H groups in total. The molecule has 13 nitrogen and oxygen atoms in total. The lowest BCUT2D eigenvalue weighted by atomic mass is 9.52. The Kier molecular flexibility index (Phi) is 7.61. The predicted octanol–water partition coefficient (Wildman–Crippen LogP) is -1.14. The molecule has 2 aromatic rings. The van der Waals surface area contributed by atoms with Crippen molar-refractivity contribution in [1.82, 2.24) is 10.2 Å². The number of aliphatic hydroxyl groups is 1. The van der Waals surface area contributed by atoms with E-state index in [4.69, 9.17) is 5.73 Å². The van der Waals surface area contributed by atoms with Crippen molar-refractivity contribution in [3.05, 3.63) is 58.1 Å². The molecular weight excluding hydrogens is 558 g/mol. The van der Waals surface area contributed by atoms with Gasteiger partial charge in [0.1, 0.15) is 5.75 Å². The second-order valence-electron chi connectivity index (χ2n) is 12.1. The fraction of sp³-hybridized carbons (Fsp3) is 0.467. The van der Waals surface area contributed by atoms with Gasteiger partial charge in [-0.15, -0.1) is 0 Å². The van der Waals surface area contributed by atoms with Crippen LogP contribution in [0.2, 0.25) is 0 Å². The highest BCUT2D eigenvalue weighted by Crippen LogP contribution is 2.52. The van der Waals surface area contributed by atoms with E-state index in [-0.39, 0.29) is 30.7 Å². The minimum atomic E-state index is -2.77.